The number of carbonyl (C=O) groups is 5. The summed E-state index contributed by atoms with van der Waals surface area (Å²) < 4.78 is 4.71. The molecule has 0 saturated carbocycles. The molecule has 0 radical (unpaired) electrons. The molecule has 1 aliphatic heterocycles. The van der Waals surface area contributed by atoms with Gasteiger partial charge in [0.05, 0.1) is 31.8 Å². The third kappa shape index (κ3) is 35.5. The Kier molecular flexibility index (Phi) is 31.2. The lowest BCUT2D eigenvalue weighted by atomic mass is 10.0. The molecule has 3 atom stereocenters. The largest absolute Gasteiger partial charge is 0.373 e. The van der Waals surface area contributed by atoms with Crippen molar-refractivity contribution in [3.05, 3.63) is 0 Å². The van der Waals surface area contributed by atoms with Crippen molar-refractivity contribution in [1.29, 1.82) is 0 Å². The maximum Gasteiger partial charge on any atom is 0.243 e. The molecule has 0 aromatic carbocycles. The summed E-state index contributed by atoms with van der Waals surface area (Å²) in [4.78, 5) is 58.9. The van der Waals surface area contributed by atoms with Crippen molar-refractivity contribution >= 4 is 29.4 Å². The Balaban J connectivity index is -0.000000449. The number of ketones is 1. The second-order valence-corrected chi connectivity index (χ2v) is 10.6. The minimum atomic E-state index is -0.826. The standard InChI is InChI=1S/C19H34N4O5.C4H10.C3H6O.2C2H6/c1-11(2)7-15(13(5)24)22-18(27)10-21-19(28)16(8-12(3)4)23-17(26)9-20-14(6)25;1-4(2)3;1-3-2-4-3;2*1-2/h11-12,15-16H,7-10H2,1-6H3,(H,20,25)(H,21,28)(H,22,27)(H,23,26);4H,1-3H3;3H,2H2,1H3;2*1-2H3. The molecule has 238 valence electrons. The minimum absolute atomic E-state index is 0.124. The number of hydrogen-bond donors (Lipinski definition) is 4. The van der Waals surface area contributed by atoms with Crippen molar-refractivity contribution in [1.82, 2.24) is 21.3 Å². The smallest absolute Gasteiger partial charge is 0.243 e. The second kappa shape index (κ2) is 28.1. The van der Waals surface area contributed by atoms with Crippen LogP contribution in [0.4, 0.5) is 0 Å². The highest BCUT2D eigenvalue weighted by molar-refractivity contribution is 5.93. The van der Waals surface area contributed by atoms with E-state index in [1.54, 1.807) is 0 Å². The molecule has 1 saturated heterocycles. The molecule has 0 bridgehead atoms. The highest BCUT2D eigenvalue weighted by atomic mass is 16.6. The van der Waals surface area contributed by atoms with E-state index in [0.717, 1.165) is 12.5 Å². The van der Waals surface area contributed by atoms with Crippen LogP contribution in [0.5, 0.6) is 0 Å². The molecule has 4 N–H and O–H groups in total. The molecule has 3 unspecified atom stereocenters. The first-order chi connectivity index (χ1) is 18.5. The van der Waals surface area contributed by atoms with Gasteiger partial charge in [0.1, 0.15) is 6.04 Å². The van der Waals surface area contributed by atoms with Gasteiger partial charge in [-0.05, 0) is 44.4 Å². The summed E-state index contributed by atoms with van der Waals surface area (Å²) in [6.45, 7) is 27.4. The van der Waals surface area contributed by atoms with Crippen molar-refractivity contribution in [3.8, 4) is 0 Å². The van der Waals surface area contributed by atoms with Gasteiger partial charge in [0.25, 0.3) is 0 Å². The number of rotatable bonds is 12. The number of Topliss-reactive ketones (excluding diaryl/α,β-unsaturated/α-hetero) is 1. The number of hydrogen-bond acceptors (Lipinski definition) is 6. The van der Waals surface area contributed by atoms with Crippen LogP contribution in [0.1, 0.15) is 110 Å². The van der Waals surface area contributed by atoms with E-state index in [0.29, 0.717) is 18.9 Å². The fraction of sp³-hybridized carbons (Fsp3) is 0.833. The van der Waals surface area contributed by atoms with Gasteiger partial charge in [-0.2, -0.15) is 0 Å². The maximum absolute atomic E-state index is 12.4. The molecule has 1 fully saturated rings. The second-order valence-electron chi connectivity index (χ2n) is 10.6. The summed E-state index contributed by atoms with van der Waals surface area (Å²) in [7, 11) is 0. The fourth-order valence-electron chi connectivity index (χ4n) is 2.58. The number of epoxide rings is 1. The first kappa shape index (κ1) is 44.5. The van der Waals surface area contributed by atoms with Gasteiger partial charge in [0.15, 0.2) is 5.78 Å². The molecular weight excluding hydrogens is 512 g/mol. The van der Waals surface area contributed by atoms with Crippen LogP contribution in [-0.2, 0) is 28.7 Å². The van der Waals surface area contributed by atoms with Crippen LogP contribution in [0.2, 0.25) is 0 Å². The van der Waals surface area contributed by atoms with Crippen LogP contribution in [0.15, 0.2) is 0 Å². The molecule has 1 rings (SSSR count). The van der Waals surface area contributed by atoms with E-state index in [4.69, 9.17) is 4.74 Å². The summed E-state index contributed by atoms with van der Waals surface area (Å²) in [6.07, 6.45) is 1.48. The van der Waals surface area contributed by atoms with Crippen LogP contribution in [0.3, 0.4) is 0 Å². The Morgan fingerprint density at radius 3 is 1.32 bits per heavy atom. The molecule has 1 aliphatic rings. The van der Waals surface area contributed by atoms with Crippen molar-refractivity contribution < 1.29 is 28.7 Å². The van der Waals surface area contributed by atoms with Gasteiger partial charge in [0.2, 0.25) is 23.6 Å². The van der Waals surface area contributed by atoms with Gasteiger partial charge in [-0.1, -0.05) is 76.2 Å². The van der Waals surface area contributed by atoms with Crippen LogP contribution in [-0.4, -0.2) is 67.3 Å². The van der Waals surface area contributed by atoms with Crippen molar-refractivity contribution in [3.63, 3.8) is 0 Å². The van der Waals surface area contributed by atoms with Crippen LogP contribution in [0, 0.1) is 17.8 Å². The van der Waals surface area contributed by atoms with E-state index in [1.807, 2.05) is 55.4 Å². The van der Waals surface area contributed by atoms with Crippen molar-refractivity contribution in [2.45, 2.75) is 128 Å². The monoisotopic (exact) mass is 574 g/mol. The lowest BCUT2D eigenvalue weighted by molar-refractivity contribution is -0.131. The van der Waals surface area contributed by atoms with E-state index in [1.165, 1.54) is 13.8 Å². The first-order valence-electron chi connectivity index (χ1n) is 14.8. The molecule has 10 nitrogen and oxygen atoms in total. The SMILES string of the molecule is CC.CC.CC(=O)NCC(=O)NC(CC(C)C)C(=O)NCC(=O)NC(CC(C)C)C(C)=O.CC(C)C.CC1CO1. The summed E-state index contributed by atoms with van der Waals surface area (Å²) in [6, 6.07) is -1.42. The van der Waals surface area contributed by atoms with E-state index in [2.05, 4.69) is 49.0 Å². The Labute approximate surface area is 244 Å². The lowest BCUT2D eigenvalue weighted by Gasteiger charge is -2.21. The third-order valence-electron chi connectivity index (χ3n) is 4.31. The van der Waals surface area contributed by atoms with E-state index >= 15 is 0 Å². The third-order valence-corrected chi connectivity index (χ3v) is 4.31. The molecule has 0 aliphatic carbocycles. The van der Waals surface area contributed by atoms with Crippen molar-refractivity contribution in [2.75, 3.05) is 19.7 Å². The average Bonchev–Trinajstić information content (AvgIpc) is 3.64. The van der Waals surface area contributed by atoms with Gasteiger partial charge >= 0.3 is 0 Å². The van der Waals surface area contributed by atoms with Crippen molar-refractivity contribution in [2.24, 2.45) is 17.8 Å². The number of ether oxygens (including phenoxy) is 1. The summed E-state index contributed by atoms with van der Waals surface area (Å²) in [5.74, 6) is -0.759. The molecule has 0 aromatic rings. The number of amides is 4. The predicted molar refractivity (Wildman–Crippen MR) is 164 cm³/mol. The van der Waals surface area contributed by atoms with Gasteiger partial charge in [-0.15, -0.1) is 0 Å². The molecule has 0 aromatic heterocycles. The molecule has 10 heteroatoms. The van der Waals surface area contributed by atoms with Gasteiger partial charge < -0.3 is 26.0 Å². The highest BCUT2D eigenvalue weighted by Gasteiger charge is 2.23. The average molecular weight is 575 g/mol. The Bertz CT molecular complexity index is 689. The highest BCUT2D eigenvalue weighted by Crippen LogP contribution is 2.06. The van der Waals surface area contributed by atoms with Crippen LogP contribution in [0.25, 0.3) is 0 Å². The fourth-order valence-corrected chi connectivity index (χ4v) is 2.58. The Morgan fingerprint density at radius 1 is 0.700 bits per heavy atom. The normalized spacial score (nSPS) is 14.2. The van der Waals surface area contributed by atoms with E-state index < -0.39 is 29.8 Å². The topological polar surface area (TPSA) is 146 Å². The molecule has 4 amide bonds. The van der Waals surface area contributed by atoms with Gasteiger partial charge in [-0.3, -0.25) is 24.0 Å². The minimum Gasteiger partial charge on any atom is -0.373 e. The molecule has 40 heavy (non-hydrogen) atoms. The van der Waals surface area contributed by atoms with E-state index in [9.17, 15) is 24.0 Å². The number of carbonyl (C=O) groups excluding carboxylic acids is 5. The Hall–Kier alpha value is -2.49. The summed E-state index contributed by atoms with van der Waals surface area (Å²) in [5, 5.41) is 10.0. The van der Waals surface area contributed by atoms with Gasteiger partial charge in [0, 0.05) is 6.92 Å². The zero-order chi connectivity index (χ0) is 32.4. The van der Waals surface area contributed by atoms with Crippen LogP contribution >= 0.6 is 0 Å². The van der Waals surface area contributed by atoms with Crippen LogP contribution < -0.4 is 21.3 Å². The molecule has 1 heterocycles. The molecule has 0 spiro atoms. The molecular formula is C30H62N4O6. The van der Waals surface area contributed by atoms with Gasteiger partial charge in [-0.25, -0.2) is 0 Å². The zero-order valence-corrected chi connectivity index (χ0v) is 27.9. The summed E-state index contributed by atoms with van der Waals surface area (Å²) in [5.41, 5.74) is 0. The Morgan fingerprint density at radius 2 is 1.02 bits per heavy atom. The maximum atomic E-state index is 12.4. The predicted octanol–water partition coefficient (Wildman–Crippen LogP) is 4.01. The quantitative estimate of drug-likeness (QED) is 0.259. The summed E-state index contributed by atoms with van der Waals surface area (Å²) >= 11 is 0. The lowest BCUT2D eigenvalue weighted by Crippen LogP contribution is -2.52. The zero-order valence-electron chi connectivity index (χ0n) is 27.9. The van der Waals surface area contributed by atoms with E-state index in [-0.39, 0.29) is 36.6 Å². The number of nitrogens with one attached hydrogen (secondary N) is 4. The first-order valence-corrected chi connectivity index (χ1v) is 14.8.